The third-order valence-corrected chi connectivity index (χ3v) is 2.58. The van der Waals surface area contributed by atoms with Gasteiger partial charge in [-0.05, 0) is 49.7 Å². The SMILES string of the molecule is CCOc1ccc(C(=O)Nc2ccc(C)cn2)cc1. The van der Waals surface area contributed by atoms with Crippen molar-refractivity contribution < 1.29 is 9.53 Å². The molecule has 0 aliphatic carbocycles. The van der Waals surface area contributed by atoms with E-state index in [4.69, 9.17) is 4.74 Å². The van der Waals surface area contributed by atoms with Crippen LogP contribution in [0.4, 0.5) is 5.82 Å². The first-order chi connectivity index (χ1) is 9.19. The molecule has 1 heterocycles. The number of rotatable bonds is 4. The third kappa shape index (κ3) is 3.55. The van der Waals surface area contributed by atoms with E-state index in [1.807, 2.05) is 19.9 Å². The van der Waals surface area contributed by atoms with Gasteiger partial charge in [-0.1, -0.05) is 6.07 Å². The Labute approximate surface area is 112 Å². The van der Waals surface area contributed by atoms with Crippen molar-refractivity contribution >= 4 is 11.7 Å². The minimum Gasteiger partial charge on any atom is -0.494 e. The summed E-state index contributed by atoms with van der Waals surface area (Å²) in [7, 11) is 0. The average Bonchev–Trinajstić information content (AvgIpc) is 2.42. The summed E-state index contributed by atoms with van der Waals surface area (Å²) >= 11 is 0. The molecule has 2 aromatic rings. The standard InChI is InChI=1S/C15H16N2O2/c1-3-19-13-7-5-12(6-8-13)15(18)17-14-9-4-11(2)10-16-14/h4-10H,3H2,1-2H3,(H,16,17,18). The molecule has 1 aromatic heterocycles. The number of pyridine rings is 1. The number of nitrogens with one attached hydrogen (secondary N) is 1. The Bertz CT molecular complexity index is 547. The Morgan fingerprint density at radius 2 is 1.95 bits per heavy atom. The number of carbonyl (C=O) groups is 1. The summed E-state index contributed by atoms with van der Waals surface area (Å²) in [5.74, 6) is 1.12. The second-order valence-corrected chi connectivity index (χ2v) is 4.13. The van der Waals surface area contributed by atoms with Crippen LogP contribution in [-0.2, 0) is 0 Å². The van der Waals surface area contributed by atoms with Crippen LogP contribution in [0.15, 0.2) is 42.6 Å². The molecule has 2 rings (SSSR count). The van der Waals surface area contributed by atoms with Crippen LogP contribution < -0.4 is 10.1 Å². The molecular formula is C15H16N2O2. The van der Waals surface area contributed by atoms with Crippen molar-refractivity contribution in [3.63, 3.8) is 0 Å². The normalized spacial score (nSPS) is 10.0. The fourth-order valence-corrected chi connectivity index (χ4v) is 1.60. The van der Waals surface area contributed by atoms with Gasteiger partial charge >= 0.3 is 0 Å². The number of nitrogens with zero attached hydrogens (tertiary/aromatic N) is 1. The molecule has 19 heavy (non-hydrogen) atoms. The first-order valence-electron chi connectivity index (χ1n) is 6.16. The minimum absolute atomic E-state index is 0.181. The van der Waals surface area contributed by atoms with E-state index in [1.165, 1.54) is 0 Å². The van der Waals surface area contributed by atoms with Gasteiger partial charge in [-0.2, -0.15) is 0 Å². The zero-order chi connectivity index (χ0) is 13.7. The lowest BCUT2D eigenvalue weighted by molar-refractivity contribution is 0.102. The van der Waals surface area contributed by atoms with E-state index in [0.29, 0.717) is 18.0 Å². The van der Waals surface area contributed by atoms with Crippen molar-refractivity contribution in [2.75, 3.05) is 11.9 Å². The van der Waals surface area contributed by atoms with E-state index in [9.17, 15) is 4.79 Å². The quantitative estimate of drug-likeness (QED) is 0.914. The molecule has 0 atom stereocenters. The van der Waals surface area contributed by atoms with Crippen LogP contribution in [0.2, 0.25) is 0 Å². The molecule has 1 N–H and O–H groups in total. The van der Waals surface area contributed by atoms with Crippen LogP contribution in [0.5, 0.6) is 5.75 Å². The number of ether oxygens (including phenoxy) is 1. The van der Waals surface area contributed by atoms with Gasteiger partial charge in [-0.25, -0.2) is 4.98 Å². The second kappa shape index (κ2) is 6.00. The van der Waals surface area contributed by atoms with Gasteiger partial charge in [-0.15, -0.1) is 0 Å². The average molecular weight is 256 g/mol. The van der Waals surface area contributed by atoms with E-state index in [0.717, 1.165) is 11.3 Å². The first-order valence-corrected chi connectivity index (χ1v) is 6.16. The molecule has 4 nitrogen and oxygen atoms in total. The molecular weight excluding hydrogens is 240 g/mol. The summed E-state index contributed by atoms with van der Waals surface area (Å²) in [6.45, 7) is 4.48. The van der Waals surface area contributed by atoms with Crippen LogP contribution in [0.3, 0.4) is 0 Å². The number of carbonyl (C=O) groups excluding carboxylic acids is 1. The van der Waals surface area contributed by atoms with Crippen molar-refractivity contribution in [3.05, 3.63) is 53.7 Å². The fourth-order valence-electron chi connectivity index (χ4n) is 1.60. The van der Waals surface area contributed by atoms with Gasteiger partial charge in [0, 0.05) is 11.8 Å². The van der Waals surface area contributed by atoms with E-state index < -0.39 is 0 Å². The van der Waals surface area contributed by atoms with Crippen LogP contribution in [0, 0.1) is 6.92 Å². The summed E-state index contributed by atoms with van der Waals surface area (Å²) < 4.78 is 5.33. The highest BCUT2D eigenvalue weighted by Crippen LogP contribution is 2.13. The predicted molar refractivity (Wildman–Crippen MR) is 74.5 cm³/mol. The number of amides is 1. The van der Waals surface area contributed by atoms with E-state index in [2.05, 4.69) is 10.3 Å². The van der Waals surface area contributed by atoms with Crippen molar-refractivity contribution in [1.82, 2.24) is 4.98 Å². The maximum absolute atomic E-state index is 12.0. The number of hydrogen-bond acceptors (Lipinski definition) is 3. The van der Waals surface area contributed by atoms with Gasteiger partial charge in [-0.3, -0.25) is 4.79 Å². The molecule has 0 radical (unpaired) electrons. The molecule has 0 saturated carbocycles. The van der Waals surface area contributed by atoms with Crippen LogP contribution >= 0.6 is 0 Å². The van der Waals surface area contributed by atoms with Crippen molar-refractivity contribution in [2.24, 2.45) is 0 Å². The molecule has 98 valence electrons. The Hall–Kier alpha value is -2.36. The lowest BCUT2D eigenvalue weighted by Crippen LogP contribution is -2.12. The summed E-state index contributed by atoms with van der Waals surface area (Å²) in [6.07, 6.45) is 1.72. The maximum atomic E-state index is 12.0. The highest BCUT2D eigenvalue weighted by molar-refractivity contribution is 6.03. The van der Waals surface area contributed by atoms with E-state index in [-0.39, 0.29) is 5.91 Å². The molecule has 0 fully saturated rings. The Morgan fingerprint density at radius 1 is 1.21 bits per heavy atom. The Kier molecular flexibility index (Phi) is 4.13. The zero-order valence-electron chi connectivity index (χ0n) is 11.0. The van der Waals surface area contributed by atoms with E-state index in [1.54, 1.807) is 36.5 Å². The van der Waals surface area contributed by atoms with Crippen LogP contribution in [-0.4, -0.2) is 17.5 Å². The smallest absolute Gasteiger partial charge is 0.256 e. The molecule has 0 aliphatic rings. The lowest BCUT2D eigenvalue weighted by Gasteiger charge is -2.06. The van der Waals surface area contributed by atoms with Gasteiger partial charge in [0.2, 0.25) is 0 Å². The minimum atomic E-state index is -0.181. The first kappa shape index (κ1) is 13.1. The third-order valence-electron chi connectivity index (χ3n) is 2.58. The van der Waals surface area contributed by atoms with Crippen molar-refractivity contribution in [1.29, 1.82) is 0 Å². The molecule has 0 aliphatic heterocycles. The fraction of sp³-hybridized carbons (Fsp3) is 0.200. The molecule has 0 unspecified atom stereocenters. The summed E-state index contributed by atoms with van der Waals surface area (Å²) in [5, 5.41) is 2.75. The van der Waals surface area contributed by atoms with Crippen LogP contribution in [0.1, 0.15) is 22.8 Å². The lowest BCUT2D eigenvalue weighted by atomic mass is 10.2. The Morgan fingerprint density at radius 3 is 2.53 bits per heavy atom. The predicted octanol–water partition coefficient (Wildman–Crippen LogP) is 3.04. The number of aromatic nitrogens is 1. The molecule has 4 heteroatoms. The number of anilines is 1. The number of benzene rings is 1. The van der Waals surface area contributed by atoms with Crippen LogP contribution in [0.25, 0.3) is 0 Å². The highest BCUT2D eigenvalue weighted by atomic mass is 16.5. The topological polar surface area (TPSA) is 51.2 Å². The van der Waals surface area contributed by atoms with Gasteiger partial charge < -0.3 is 10.1 Å². The molecule has 1 amide bonds. The molecule has 0 bridgehead atoms. The zero-order valence-corrected chi connectivity index (χ0v) is 11.0. The summed E-state index contributed by atoms with van der Waals surface area (Å²) in [6, 6.07) is 10.7. The van der Waals surface area contributed by atoms with Gasteiger partial charge in [0.1, 0.15) is 11.6 Å². The molecule has 0 spiro atoms. The van der Waals surface area contributed by atoms with Gasteiger partial charge in [0.25, 0.3) is 5.91 Å². The van der Waals surface area contributed by atoms with E-state index >= 15 is 0 Å². The summed E-state index contributed by atoms with van der Waals surface area (Å²) in [4.78, 5) is 16.1. The van der Waals surface area contributed by atoms with Gasteiger partial charge in [0.15, 0.2) is 0 Å². The molecule has 0 saturated heterocycles. The van der Waals surface area contributed by atoms with Gasteiger partial charge in [0.05, 0.1) is 6.61 Å². The highest BCUT2D eigenvalue weighted by Gasteiger charge is 2.06. The van der Waals surface area contributed by atoms with Crippen molar-refractivity contribution in [3.8, 4) is 5.75 Å². The summed E-state index contributed by atoms with van der Waals surface area (Å²) in [5.41, 5.74) is 1.63. The van der Waals surface area contributed by atoms with Crippen molar-refractivity contribution in [2.45, 2.75) is 13.8 Å². The number of hydrogen-bond donors (Lipinski definition) is 1. The molecule has 1 aromatic carbocycles. The largest absolute Gasteiger partial charge is 0.494 e. The Balaban J connectivity index is 2.05. The maximum Gasteiger partial charge on any atom is 0.256 e. The number of aryl methyl sites for hydroxylation is 1. The second-order valence-electron chi connectivity index (χ2n) is 4.13. The monoisotopic (exact) mass is 256 g/mol.